The van der Waals surface area contributed by atoms with Gasteiger partial charge in [-0.2, -0.15) is 0 Å². The molecule has 1 N–H and O–H groups in total. The van der Waals surface area contributed by atoms with Crippen molar-refractivity contribution in [3.05, 3.63) is 54.3 Å². The molecule has 0 aliphatic heterocycles. The molecule has 0 aliphatic rings. The maximum absolute atomic E-state index is 13.5. The molecule has 5 heteroatoms. The lowest BCUT2D eigenvalue weighted by molar-refractivity contribution is 0.222. The normalized spacial score (nSPS) is 9.67. The van der Waals surface area contributed by atoms with E-state index in [9.17, 15) is 9.18 Å². The van der Waals surface area contributed by atoms with E-state index in [0.29, 0.717) is 13.1 Å². The van der Waals surface area contributed by atoms with Crippen molar-refractivity contribution in [3.63, 3.8) is 0 Å². The molecule has 1 aromatic rings. The molecule has 0 heterocycles. The van der Waals surface area contributed by atoms with Gasteiger partial charge in [0.15, 0.2) is 0 Å². The molecular weight excluding hydrogens is 255 g/mol. The second kappa shape index (κ2) is 6.81. The molecule has 1 rings (SSSR count). The predicted octanol–water partition coefficient (Wildman–Crippen LogP) is 3.69. The van der Waals surface area contributed by atoms with Crippen LogP contribution < -0.4 is 5.32 Å². The molecule has 2 amide bonds. The minimum Gasteiger partial charge on any atom is -0.317 e. The van der Waals surface area contributed by atoms with Gasteiger partial charge in [0.25, 0.3) is 0 Å². The number of rotatable bonds is 5. The van der Waals surface area contributed by atoms with E-state index in [4.69, 9.17) is 11.6 Å². The lowest BCUT2D eigenvalue weighted by Gasteiger charge is -2.20. The van der Waals surface area contributed by atoms with Crippen LogP contribution in [0.1, 0.15) is 0 Å². The SMILES string of the molecule is C=CCN(CC=C)C(=O)Nc1c(F)cccc1Cl. The lowest BCUT2D eigenvalue weighted by atomic mass is 10.3. The van der Waals surface area contributed by atoms with Gasteiger partial charge >= 0.3 is 6.03 Å². The fourth-order valence-electron chi connectivity index (χ4n) is 1.36. The zero-order valence-electron chi connectivity index (χ0n) is 9.83. The third-order valence-corrected chi connectivity index (χ3v) is 2.50. The van der Waals surface area contributed by atoms with Crippen molar-refractivity contribution in [2.24, 2.45) is 0 Å². The summed E-state index contributed by atoms with van der Waals surface area (Å²) in [7, 11) is 0. The smallest absolute Gasteiger partial charge is 0.317 e. The second-order valence-electron chi connectivity index (χ2n) is 3.51. The average molecular weight is 269 g/mol. The van der Waals surface area contributed by atoms with Crippen LogP contribution in [0.15, 0.2) is 43.5 Å². The summed E-state index contributed by atoms with van der Waals surface area (Å²) in [5.74, 6) is -0.576. The molecule has 18 heavy (non-hydrogen) atoms. The minimum atomic E-state index is -0.576. The van der Waals surface area contributed by atoms with Gasteiger partial charge in [-0.15, -0.1) is 13.2 Å². The summed E-state index contributed by atoms with van der Waals surface area (Å²) in [5.41, 5.74) is -0.0257. The summed E-state index contributed by atoms with van der Waals surface area (Å²) in [4.78, 5) is 13.3. The van der Waals surface area contributed by atoms with Crippen molar-refractivity contribution in [1.82, 2.24) is 4.90 Å². The van der Waals surface area contributed by atoms with Crippen LogP contribution in [0.4, 0.5) is 14.9 Å². The van der Waals surface area contributed by atoms with Crippen molar-refractivity contribution in [2.45, 2.75) is 0 Å². The number of hydrogen-bond acceptors (Lipinski definition) is 1. The fourth-order valence-corrected chi connectivity index (χ4v) is 1.57. The van der Waals surface area contributed by atoms with E-state index in [-0.39, 0.29) is 10.7 Å². The first-order valence-electron chi connectivity index (χ1n) is 5.32. The molecule has 0 atom stereocenters. The first kappa shape index (κ1) is 14.3. The molecule has 3 nitrogen and oxygen atoms in total. The van der Waals surface area contributed by atoms with Crippen molar-refractivity contribution in [2.75, 3.05) is 18.4 Å². The monoisotopic (exact) mass is 268 g/mol. The predicted molar refractivity (Wildman–Crippen MR) is 72.4 cm³/mol. The van der Waals surface area contributed by atoms with Gasteiger partial charge in [0, 0.05) is 13.1 Å². The number of para-hydroxylation sites is 1. The van der Waals surface area contributed by atoms with Gasteiger partial charge in [-0.3, -0.25) is 0 Å². The molecule has 1 aromatic carbocycles. The lowest BCUT2D eigenvalue weighted by Crippen LogP contribution is -2.35. The summed E-state index contributed by atoms with van der Waals surface area (Å²) in [6.07, 6.45) is 3.15. The molecule has 0 radical (unpaired) electrons. The van der Waals surface area contributed by atoms with E-state index in [1.54, 1.807) is 12.2 Å². The number of nitrogens with one attached hydrogen (secondary N) is 1. The Balaban J connectivity index is 2.85. The summed E-state index contributed by atoms with van der Waals surface area (Å²) < 4.78 is 13.5. The van der Waals surface area contributed by atoms with E-state index >= 15 is 0 Å². The number of amides is 2. The van der Waals surface area contributed by atoms with E-state index in [1.807, 2.05) is 0 Å². The summed E-state index contributed by atoms with van der Waals surface area (Å²) in [5, 5.41) is 2.59. The maximum atomic E-state index is 13.5. The molecule has 0 unspecified atom stereocenters. The Hall–Kier alpha value is -1.81. The van der Waals surface area contributed by atoms with Crippen LogP contribution in [0.2, 0.25) is 5.02 Å². The first-order chi connectivity index (χ1) is 8.60. The number of carbonyl (C=O) groups excluding carboxylic acids is 1. The van der Waals surface area contributed by atoms with Crippen molar-refractivity contribution < 1.29 is 9.18 Å². The van der Waals surface area contributed by atoms with Crippen LogP contribution >= 0.6 is 11.6 Å². The Morgan fingerprint density at radius 2 is 2.00 bits per heavy atom. The molecule has 0 saturated carbocycles. The van der Waals surface area contributed by atoms with Crippen LogP contribution in [0.5, 0.6) is 0 Å². The zero-order chi connectivity index (χ0) is 13.5. The van der Waals surface area contributed by atoms with Gasteiger partial charge in [-0.1, -0.05) is 29.8 Å². The molecule has 0 spiro atoms. The Bertz CT molecular complexity index is 432. The van der Waals surface area contributed by atoms with Crippen LogP contribution in [0, 0.1) is 5.82 Å². The highest BCUT2D eigenvalue weighted by molar-refractivity contribution is 6.33. The van der Waals surface area contributed by atoms with Crippen LogP contribution in [-0.4, -0.2) is 24.0 Å². The highest BCUT2D eigenvalue weighted by atomic mass is 35.5. The quantitative estimate of drug-likeness (QED) is 0.812. The number of carbonyl (C=O) groups is 1. The third kappa shape index (κ3) is 3.60. The summed E-state index contributed by atoms with van der Waals surface area (Å²) in [6.45, 7) is 7.78. The van der Waals surface area contributed by atoms with E-state index in [1.165, 1.54) is 23.1 Å². The zero-order valence-corrected chi connectivity index (χ0v) is 10.6. The van der Waals surface area contributed by atoms with Gasteiger partial charge in [0.1, 0.15) is 5.82 Å². The number of urea groups is 1. The standard InChI is InChI=1S/C13H14ClFN2O/c1-3-8-17(9-4-2)13(18)16-12-10(14)6-5-7-11(12)15/h3-7H,1-2,8-9H2,(H,16,18). The van der Waals surface area contributed by atoms with Crippen molar-refractivity contribution in [3.8, 4) is 0 Å². The molecule has 0 aliphatic carbocycles. The number of halogens is 2. The van der Waals surface area contributed by atoms with E-state index in [0.717, 1.165) is 0 Å². The fraction of sp³-hybridized carbons (Fsp3) is 0.154. The number of nitrogens with zero attached hydrogens (tertiary/aromatic N) is 1. The van der Waals surface area contributed by atoms with Crippen LogP contribution in [0.25, 0.3) is 0 Å². The van der Waals surface area contributed by atoms with Crippen LogP contribution in [0.3, 0.4) is 0 Å². The van der Waals surface area contributed by atoms with Gasteiger partial charge in [-0.05, 0) is 12.1 Å². The minimum absolute atomic E-state index is 0.0257. The molecule has 0 saturated heterocycles. The molecule has 0 bridgehead atoms. The molecular formula is C13H14ClFN2O. The highest BCUT2D eigenvalue weighted by Crippen LogP contribution is 2.24. The summed E-state index contributed by atoms with van der Waals surface area (Å²) >= 11 is 5.82. The number of benzene rings is 1. The third-order valence-electron chi connectivity index (χ3n) is 2.18. The van der Waals surface area contributed by atoms with Crippen LogP contribution in [-0.2, 0) is 0 Å². The van der Waals surface area contributed by atoms with Gasteiger partial charge in [-0.25, -0.2) is 9.18 Å². The second-order valence-corrected chi connectivity index (χ2v) is 3.92. The average Bonchev–Trinajstić information content (AvgIpc) is 2.33. The van der Waals surface area contributed by atoms with E-state index < -0.39 is 11.8 Å². The highest BCUT2D eigenvalue weighted by Gasteiger charge is 2.14. The largest absolute Gasteiger partial charge is 0.322 e. The van der Waals surface area contributed by atoms with Crippen molar-refractivity contribution >= 4 is 23.3 Å². The van der Waals surface area contributed by atoms with Gasteiger partial charge in [0.05, 0.1) is 10.7 Å². The van der Waals surface area contributed by atoms with Gasteiger partial charge < -0.3 is 10.2 Å². The molecule has 96 valence electrons. The van der Waals surface area contributed by atoms with Crippen molar-refractivity contribution in [1.29, 1.82) is 0 Å². The Labute approximate surface area is 111 Å². The molecule has 0 fully saturated rings. The topological polar surface area (TPSA) is 32.3 Å². The van der Waals surface area contributed by atoms with E-state index in [2.05, 4.69) is 18.5 Å². The molecule has 0 aromatic heterocycles. The number of hydrogen-bond donors (Lipinski definition) is 1. The maximum Gasteiger partial charge on any atom is 0.322 e. The Morgan fingerprint density at radius 3 is 2.50 bits per heavy atom. The van der Waals surface area contributed by atoms with Gasteiger partial charge in [0.2, 0.25) is 0 Å². The summed E-state index contributed by atoms with van der Waals surface area (Å²) in [6, 6.07) is 3.75. The Morgan fingerprint density at radius 1 is 1.39 bits per heavy atom. The Kier molecular flexibility index (Phi) is 5.39. The number of anilines is 1. The first-order valence-corrected chi connectivity index (χ1v) is 5.69.